The monoisotopic (exact) mass is 278 g/mol. The highest BCUT2D eigenvalue weighted by Crippen LogP contribution is 2.33. The highest BCUT2D eigenvalue weighted by atomic mass is 32.1. The summed E-state index contributed by atoms with van der Waals surface area (Å²) >= 11 is 1.82. The van der Waals surface area contributed by atoms with E-state index in [9.17, 15) is 0 Å². The first-order chi connectivity index (χ1) is 9.83. The lowest BCUT2D eigenvalue weighted by Crippen LogP contribution is -2.01. The number of aryl methyl sites for hydroxylation is 1. The number of hydrogen-bond acceptors (Lipinski definition) is 2. The smallest absolute Gasteiger partial charge is 0.105 e. The number of aromatic nitrogens is 2. The lowest BCUT2D eigenvalue weighted by molar-refractivity contribution is 0.767. The van der Waals surface area contributed by atoms with Crippen molar-refractivity contribution in [2.24, 2.45) is 0 Å². The molecule has 20 heavy (non-hydrogen) atoms. The highest BCUT2D eigenvalue weighted by molar-refractivity contribution is 7.18. The molecule has 4 rings (SSSR count). The third kappa shape index (κ3) is 1.74. The maximum Gasteiger partial charge on any atom is 0.105 e. The molecule has 4 aromatic rings. The van der Waals surface area contributed by atoms with E-state index in [0.29, 0.717) is 0 Å². The Bertz CT molecular complexity index is 902. The van der Waals surface area contributed by atoms with Crippen molar-refractivity contribution >= 4 is 32.2 Å². The van der Waals surface area contributed by atoms with E-state index in [0.717, 1.165) is 12.4 Å². The van der Waals surface area contributed by atoms with Crippen LogP contribution in [0.2, 0.25) is 0 Å². The lowest BCUT2D eigenvalue weighted by Gasteiger charge is -2.09. The number of hydrogen-bond donors (Lipinski definition) is 0. The minimum Gasteiger partial charge on any atom is -0.331 e. The first-order valence-corrected chi connectivity index (χ1v) is 7.56. The van der Waals surface area contributed by atoms with Crippen molar-refractivity contribution in [1.29, 1.82) is 0 Å². The van der Waals surface area contributed by atoms with Crippen LogP contribution in [0.4, 0.5) is 0 Å². The largest absolute Gasteiger partial charge is 0.331 e. The summed E-state index contributed by atoms with van der Waals surface area (Å²) in [6.45, 7) is 2.93. The topological polar surface area (TPSA) is 17.8 Å². The van der Waals surface area contributed by atoms with Crippen molar-refractivity contribution in [2.75, 3.05) is 0 Å². The van der Waals surface area contributed by atoms with Crippen LogP contribution in [0.1, 0.15) is 11.4 Å². The molecule has 0 amide bonds. The molecule has 98 valence electrons. The Balaban J connectivity index is 1.97. The van der Waals surface area contributed by atoms with Gasteiger partial charge in [0, 0.05) is 23.6 Å². The van der Waals surface area contributed by atoms with E-state index < -0.39 is 0 Å². The van der Waals surface area contributed by atoms with Crippen LogP contribution in [0, 0.1) is 6.92 Å². The molecule has 0 radical (unpaired) electrons. The molecule has 0 atom stereocenters. The quantitative estimate of drug-likeness (QED) is 0.523. The molecule has 0 unspecified atom stereocenters. The Kier molecular flexibility index (Phi) is 2.60. The van der Waals surface area contributed by atoms with Crippen LogP contribution >= 0.6 is 11.3 Å². The van der Waals surface area contributed by atoms with Crippen LogP contribution in [-0.2, 0) is 6.54 Å². The molecule has 0 aliphatic rings. The zero-order valence-corrected chi connectivity index (χ0v) is 12.0. The highest BCUT2D eigenvalue weighted by Gasteiger charge is 2.08. The summed E-state index contributed by atoms with van der Waals surface area (Å²) in [5.41, 5.74) is 1.36. The maximum atomic E-state index is 4.31. The molecule has 0 aliphatic heterocycles. The van der Waals surface area contributed by atoms with Gasteiger partial charge in [-0.15, -0.1) is 11.3 Å². The van der Waals surface area contributed by atoms with Gasteiger partial charge in [-0.1, -0.05) is 24.3 Å². The fraction of sp³-hybridized carbons (Fsp3) is 0.118. The molecule has 2 nitrogen and oxygen atoms in total. The molecule has 2 aromatic carbocycles. The predicted octanol–water partition coefficient (Wildman–Crippen LogP) is 4.61. The third-order valence-corrected chi connectivity index (χ3v) is 4.76. The molecule has 2 heterocycles. The number of imidazole rings is 1. The number of thiophene rings is 1. The van der Waals surface area contributed by atoms with Gasteiger partial charge in [0.15, 0.2) is 0 Å². The van der Waals surface area contributed by atoms with Gasteiger partial charge in [-0.25, -0.2) is 4.98 Å². The van der Waals surface area contributed by atoms with Gasteiger partial charge in [0.05, 0.1) is 0 Å². The molecule has 3 heteroatoms. The molecule has 0 bridgehead atoms. The fourth-order valence-corrected chi connectivity index (χ4v) is 3.73. The molecule has 2 aromatic heterocycles. The molecular formula is C17H14N2S. The second-order valence-corrected chi connectivity index (χ2v) is 5.94. The summed E-state index contributed by atoms with van der Waals surface area (Å²) in [5.74, 6) is 1.06. The normalized spacial score (nSPS) is 11.4. The van der Waals surface area contributed by atoms with Crippen molar-refractivity contribution in [1.82, 2.24) is 9.55 Å². The van der Waals surface area contributed by atoms with Gasteiger partial charge in [0.25, 0.3) is 0 Å². The molecule has 0 saturated carbocycles. The van der Waals surface area contributed by atoms with Crippen LogP contribution in [0.25, 0.3) is 20.9 Å². The zero-order chi connectivity index (χ0) is 13.5. The van der Waals surface area contributed by atoms with Crippen molar-refractivity contribution in [2.45, 2.75) is 13.5 Å². The van der Waals surface area contributed by atoms with E-state index >= 15 is 0 Å². The lowest BCUT2D eigenvalue weighted by atomic mass is 10.0. The minimum atomic E-state index is 0.879. The molecule has 0 saturated heterocycles. The van der Waals surface area contributed by atoms with Gasteiger partial charge in [-0.05, 0) is 46.2 Å². The van der Waals surface area contributed by atoms with Crippen molar-refractivity contribution < 1.29 is 0 Å². The summed E-state index contributed by atoms with van der Waals surface area (Å²) in [7, 11) is 0. The Morgan fingerprint density at radius 3 is 2.90 bits per heavy atom. The van der Waals surface area contributed by atoms with Crippen molar-refractivity contribution in [3.8, 4) is 0 Å². The minimum absolute atomic E-state index is 0.879. The average Bonchev–Trinajstić information content (AvgIpc) is 3.09. The summed E-state index contributed by atoms with van der Waals surface area (Å²) in [6.07, 6.45) is 3.91. The van der Waals surface area contributed by atoms with Crippen molar-refractivity contribution in [3.05, 3.63) is 65.6 Å². The predicted molar refractivity (Wildman–Crippen MR) is 85.4 cm³/mol. The van der Waals surface area contributed by atoms with E-state index in [1.54, 1.807) is 0 Å². The average molecular weight is 278 g/mol. The van der Waals surface area contributed by atoms with Crippen LogP contribution in [0.15, 0.2) is 54.2 Å². The van der Waals surface area contributed by atoms with Gasteiger partial charge in [0.1, 0.15) is 5.82 Å². The van der Waals surface area contributed by atoms with Crippen LogP contribution in [-0.4, -0.2) is 9.55 Å². The second kappa shape index (κ2) is 4.46. The number of nitrogens with zero attached hydrogens (tertiary/aromatic N) is 2. The molecule has 0 spiro atoms. The zero-order valence-electron chi connectivity index (χ0n) is 11.2. The summed E-state index contributed by atoms with van der Waals surface area (Å²) in [4.78, 5) is 4.31. The Morgan fingerprint density at radius 2 is 2.05 bits per heavy atom. The van der Waals surface area contributed by atoms with Crippen molar-refractivity contribution in [3.63, 3.8) is 0 Å². The SMILES string of the molecule is Cc1nccn1Cc1cc2ccccc2c2sccc12. The molecule has 0 aliphatic carbocycles. The van der Waals surface area contributed by atoms with E-state index in [-0.39, 0.29) is 0 Å². The molecular weight excluding hydrogens is 264 g/mol. The van der Waals surface area contributed by atoms with Gasteiger partial charge in [-0.3, -0.25) is 0 Å². The first-order valence-electron chi connectivity index (χ1n) is 6.68. The van der Waals surface area contributed by atoms with Crippen LogP contribution < -0.4 is 0 Å². The van der Waals surface area contributed by atoms with Gasteiger partial charge in [-0.2, -0.15) is 0 Å². The number of fused-ring (bicyclic) bond motifs is 3. The standard InChI is InChI=1S/C17H14N2S/c1-12-18-7-8-19(12)11-14-10-13-4-2-3-5-15(13)17-16(14)6-9-20-17/h2-10H,11H2,1H3. The summed E-state index contributed by atoms with van der Waals surface area (Å²) in [6, 6.07) is 13.2. The van der Waals surface area contributed by atoms with Gasteiger partial charge in [0.2, 0.25) is 0 Å². The Morgan fingerprint density at radius 1 is 1.15 bits per heavy atom. The van der Waals surface area contributed by atoms with Gasteiger partial charge < -0.3 is 4.57 Å². The van der Waals surface area contributed by atoms with Crippen LogP contribution in [0.3, 0.4) is 0 Å². The molecule has 0 N–H and O–H groups in total. The Hall–Kier alpha value is -2.13. The van der Waals surface area contributed by atoms with Crippen LogP contribution in [0.5, 0.6) is 0 Å². The third-order valence-electron chi connectivity index (χ3n) is 3.81. The van der Waals surface area contributed by atoms with E-state index in [2.05, 4.69) is 51.3 Å². The first kappa shape index (κ1) is 11.7. The molecule has 0 fully saturated rings. The van der Waals surface area contributed by atoms with E-state index in [4.69, 9.17) is 0 Å². The Labute approximate surface area is 121 Å². The van der Waals surface area contributed by atoms with E-state index in [1.807, 2.05) is 30.7 Å². The summed E-state index contributed by atoms with van der Waals surface area (Å²) < 4.78 is 3.58. The van der Waals surface area contributed by atoms with Gasteiger partial charge >= 0.3 is 0 Å². The number of rotatable bonds is 2. The summed E-state index contributed by atoms with van der Waals surface area (Å²) in [5, 5.41) is 6.21. The number of benzene rings is 2. The second-order valence-electron chi connectivity index (χ2n) is 5.02. The van der Waals surface area contributed by atoms with E-state index in [1.165, 1.54) is 26.4 Å². The maximum absolute atomic E-state index is 4.31. The fourth-order valence-electron chi connectivity index (χ4n) is 2.75.